The Morgan fingerprint density at radius 2 is 1.44 bits per heavy atom. The minimum atomic E-state index is -2.08. The second kappa shape index (κ2) is 6.05. The average Bonchev–Trinajstić information content (AvgIpc) is 3.16. The van der Waals surface area contributed by atoms with E-state index < -0.39 is 5.79 Å². The molecule has 0 aliphatic heterocycles. The zero-order valence-corrected chi connectivity index (χ0v) is 16.3. The number of hydrogen-bond donors (Lipinski definition) is 2. The number of rotatable bonds is 2. The van der Waals surface area contributed by atoms with Gasteiger partial charge in [0.05, 0.1) is 0 Å². The van der Waals surface area contributed by atoms with Crippen LogP contribution in [0.5, 0.6) is 0 Å². The summed E-state index contributed by atoms with van der Waals surface area (Å²) in [6.07, 6.45) is 0. The molecule has 4 aromatic rings. The molecule has 2 N–H and O–H groups in total. The highest BCUT2D eigenvalue weighted by molar-refractivity contribution is 14.1. The van der Waals surface area contributed by atoms with E-state index in [4.69, 9.17) is 4.42 Å². The SMILES string of the molecule is OC1(O)C(c2c(-c3ccccc3)oc3ccccc23)=C(I)c2ccccc21. The maximum Gasteiger partial charge on any atom is 0.219 e. The summed E-state index contributed by atoms with van der Waals surface area (Å²) in [4.78, 5) is 0. The first-order valence-corrected chi connectivity index (χ1v) is 9.69. The lowest BCUT2D eigenvalue weighted by Gasteiger charge is -2.22. The van der Waals surface area contributed by atoms with E-state index in [1.165, 1.54) is 0 Å². The van der Waals surface area contributed by atoms with Crippen LogP contribution in [0.4, 0.5) is 0 Å². The predicted molar refractivity (Wildman–Crippen MR) is 115 cm³/mol. The van der Waals surface area contributed by atoms with Crippen molar-refractivity contribution in [3.63, 3.8) is 0 Å². The zero-order valence-electron chi connectivity index (χ0n) is 14.2. The molecule has 0 radical (unpaired) electrons. The summed E-state index contributed by atoms with van der Waals surface area (Å²) in [5.74, 6) is -1.44. The van der Waals surface area contributed by atoms with Gasteiger partial charge in [0, 0.05) is 31.2 Å². The Labute approximate surface area is 169 Å². The lowest BCUT2D eigenvalue weighted by molar-refractivity contribution is -0.112. The summed E-state index contributed by atoms with van der Waals surface area (Å²) < 4.78 is 7.00. The number of halogens is 1. The zero-order chi connectivity index (χ0) is 18.6. The van der Waals surface area contributed by atoms with Gasteiger partial charge in [-0.2, -0.15) is 0 Å². The molecule has 27 heavy (non-hydrogen) atoms. The Morgan fingerprint density at radius 3 is 2.22 bits per heavy atom. The van der Waals surface area contributed by atoms with Crippen LogP contribution < -0.4 is 0 Å². The molecule has 3 aromatic carbocycles. The van der Waals surface area contributed by atoms with Crippen molar-refractivity contribution >= 4 is 42.7 Å². The summed E-state index contributed by atoms with van der Waals surface area (Å²) in [5, 5.41) is 23.1. The van der Waals surface area contributed by atoms with Gasteiger partial charge in [-0.05, 0) is 34.2 Å². The number of benzene rings is 3. The Balaban J connectivity index is 1.88. The van der Waals surface area contributed by atoms with Crippen LogP contribution in [0.25, 0.3) is 31.4 Å². The van der Waals surface area contributed by atoms with Crippen molar-refractivity contribution in [2.75, 3.05) is 0 Å². The fraction of sp³-hybridized carbons (Fsp3) is 0.0435. The van der Waals surface area contributed by atoms with Crippen LogP contribution in [-0.2, 0) is 5.79 Å². The van der Waals surface area contributed by atoms with Gasteiger partial charge in [-0.3, -0.25) is 0 Å². The number of fused-ring (bicyclic) bond motifs is 2. The fourth-order valence-electron chi connectivity index (χ4n) is 3.77. The molecule has 0 unspecified atom stereocenters. The molecule has 1 aromatic heterocycles. The second-order valence-electron chi connectivity index (χ2n) is 6.58. The van der Waals surface area contributed by atoms with E-state index in [-0.39, 0.29) is 0 Å². The molecule has 132 valence electrons. The standard InChI is InChI=1S/C23H15IO3/c24-21-15-10-4-6-12-17(15)23(25,26)20(21)19-16-11-5-7-13-18(16)27-22(19)14-8-2-1-3-9-14/h1-13,25-26H. The summed E-state index contributed by atoms with van der Waals surface area (Å²) in [7, 11) is 0. The Kier molecular flexibility index (Phi) is 3.75. The van der Waals surface area contributed by atoms with Crippen LogP contribution >= 0.6 is 22.6 Å². The van der Waals surface area contributed by atoms with E-state index in [1.54, 1.807) is 6.07 Å². The Bertz CT molecular complexity index is 1200. The number of para-hydroxylation sites is 1. The van der Waals surface area contributed by atoms with Crippen LogP contribution in [0.2, 0.25) is 0 Å². The van der Waals surface area contributed by atoms with Crippen LogP contribution in [-0.4, -0.2) is 10.2 Å². The molecule has 3 nitrogen and oxygen atoms in total. The van der Waals surface area contributed by atoms with E-state index in [0.717, 1.165) is 31.2 Å². The maximum atomic E-state index is 11.1. The molecule has 5 rings (SSSR count). The average molecular weight is 466 g/mol. The Morgan fingerprint density at radius 1 is 0.778 bits per heavy atom. The van der Waals surface area contributed by atoms with E-state index in [0.29, 0.717) is 16.9 Å². The highest BCUT2D eigenvalue weighted by Crippen LogP contribution is 2.54. The molecule has 0 bridgehead atoms. The quantitative estimate of drug-likeness (QED) is 0.301. The topological polar surface area (TPSA) is 53.6 Å². The Hall–Kier alpha value is -2.41. The van der Waals surface area contributed by atoms with Crippen LogP contribution in [0.15, 0.2) is 83.3 Å². The van der Waals surface area contributed by atoms with E-state index in [9.17, 15) is 10.2 Å². The van der Waals surface area contributed by atoms with Crippen LogP contribution in [0.1, 0.15) is 16.7 Å². The summed E-state index contributed by atoms with van der Waals surface area (Å²) in [6, 6.07) is 24.9. The molecular weight excluding hydrogens is 451 g/mol. The van der Waals surface area contributed by atoms with Crippen molar-refractivity contribution < 1.29 is 14.6 Å². The third-order valence-electron chi connectivity index (χ3n) is 4.99. The number of aliphatic hydroxyl groups is 2. The van der Waals surface area contributed by atoms with Gasteiger partial charge in [0.25, 0.3) is 0 Å². The molecule has 0 saturated heterocycles. The lowest BCUT2D eigenvalue weighted by atomic mass is 9.93. The monoisotopic (exact) mass is 466 g/mol. The van der Waals surface area contributed by atoms with Crippen molar-refractivity contribution in [2.45, 2.75) is 5.79 Å². The minimum Gasteiger partial charge on any atom is -0.455 e. The lowest BCUT2D eigenvalue weighted by Crippen LogP contribution is -2.24. The molecule has 0 saturated carbocycles. The van der Waals surface area contributed by atoms with Crippen molar-refractivity contribution in [1.82, 2.24) is 0 Å². The third kappa shape index (κ3) is 2.41. The molecule has 1 heterocycles. The van der Waals surface area contributed by atoms with Crippen LogP contribution in [0, 0.1) is 0 Å². The van der Waals surface area contributed by atoms with Gasteiger partial charge in [-0.1, -0.05) is 72.8 Å². The van der Waals surface area contributed by atoms with Crippen molar-refractivity contribution in [3.05, 3.63) is 95.6 Å². The molecular formula is C23H15IO3. The molecule has 1 aliphatic carbocycles. The van der Waals surface area contributed by atoms with E-state index >= 15 is 0 Å². The van der Waals surface area contributed by atoms with Crippen molar-refractivity contribution in [2.24, 2.45) is 0 Å². The van der Waals surface area contributed by atoms with Gasteiger partial charge in [0.1, 0.15) is 11.3 Å². The highest BCUT2D eigenvalue weighted by Gasteiger charge is 2.44. The van der Waals surface area contributed by atoms with Gasteiger partial charge in [0.15, 0.2) is 0 Å². The fourth-order valence-corrected chi connectivity index (χ4v) is 4.89. The van der Waals surface area contributed by atoms with Gasteiger partial charge in [-0.25, -0.2) is 0 Å². The smallest absolute Gasteiger partial charge is 0.219 e. The molecule has 0 atom stereocenters. The molecule has 0 fully saturated rings. The first-order chi connectivity index (χ1) is 13.1. The van der Waals surface area contributed by atoms with Crippen LogP contribution in [0.3, 0.4) is 0 Å². The molecule has 1 aliphatic rings. The first-order valence-electron chi connectivity index (χ1n) is 8.61. The van der Waals surface area contributed by atoms with Gasteiger partial charge in [-0.15, -0.1) is 0 Å². The predicted octanol–water partition coefficient (Wildman–Crippen LogP) is 5.55. The summed E-state index contributed by atoms with van der Waals surface area (Å²) in [5.41, 5.74) is 4.13. The minimum absolute atomic E-state index is 0.466. The highest BCUT2D eigenvalue weighted by atomic mass is 127. The number of hydrogen-bond acceptors (Lipinski definition) is 3. The largest absolute Gasteiger partial charge is 0.455 e. The van der Waals surface area contributed by atoms with Gasteiger partial charge >= 0.3 is 0 Å². The summed E-state index contributed by atoms with van der Waals surface area (Å²) in [6.45, 7) is 0. The van der Waals surface area contributed by atoms with E-state index in [2.05, 4.69) is 22.6 Å². The third-order valence-corrected chi connectivity index (χ3v) is 6.11. The molecule has 4 heteroatoms. The first kappa shape index (κ1) is 16.7. The van der Waals surface area contributed by atoms with Crippen molar-refractivity contribution in [3.8, 4) is 11.3 Å². The number of furan rings is 1. The van der Waals surface area contributed by atoms with Gasteiger partial charge in [0.2, 0.25) is 5.79 Å². The summed E-state index contributed by atoms with van der Waals surface area (Å²) >= 11 is 2.20. The maximum absolute atomic E-state index is 11.1. The van der Waals surface area contributed by atoms with Crippen molar-refractivity contribution in [1.29, 1.82) is 0 Å². The molecule has 0 spiro atoms. The van der Waals surface area contributed by atoms with Gasteiger partial charge < -0.3 is 14.6 Å². The second-order valence-corrected chi connectivity index (χ2v) is 7.65. The normalized spacial score (nSPS) is 15.4. The van der Waals surface area contributed by atoms with E-state index in [1.807, 2.05) is 72.8 Å². The molecule has 0 amide bonds.